The molecule has 5 nitrogen and oxygen atoms in total. The lowest BCUT2D eigenvalue weighted by Gasteiger charge is -2.52. The van der Waals surface area contributed by atoms with Gasteiger partial charge in [-0.3, -0.25) is 4.79 Å². The van der Waals surface area contributed by atoms with E-state index in [1.807, 2.05) is 12.1 Å². The number of esters is 1. The van der Waals surface area contributed by atoms with Crippen molar-refractivity contribution in [2.24, 2.45) is 17.3 Å². The van der Waals surface area contributed by atoms with Gasteiger partial charge in [0.05, 0.1) is 0 Å². The zero-order valence-electron chi connectivity index (χ0n) is 18.7. The lowest BCUT2D eigenvalue weighted by Crippen LogP contribution is -2.50. The van der Waals surface area contributed by atoms with E-state index in [1.54, 1.807) is 7.05 Å². The van der Waals surface area contributed by atoms with Crippen molar-refractivity contribution in [3.63, 3.8) is 0 Å². The summed E-state index contributed by atoms with van der Waals surface area (Å²) in [7, 11) is 1.66. The van der Waals surface area contributed by atoms with Crippen LogP contribution in [-0.4, -0.2) is 35.5 Å². The Hall–Kier alpha value is -2.16. The van der Waals surface area contributed by atoms with E-state index >= 15 is 0 Å². The maximum Gasteiger partial charge on any atom is 0.328 e. The third kappa shape index (κ3) is 3.60. The van der Waals surface area contributed by atoms with Crippen LogP contribution in [0.5, 0.6) is 5.75 Å². The number of hydrogen-bond donors (Lipinski definition) is 2. The lowest BCUT2D eigenvalue weighted by atomic mass is 9.53. The molecule has 0 radical (unpaired) electrons. The van der Waals surface area contributed by atoms with Gasteiger partial charge in [0.1, 0.15) is 23.2 Å². The molecule has 0 aliphatic heterocycles. The Morgan fingerprint density at radius 3 is 2.77 bits per heavy atom. The molecule has 3 aliphatic carbocycles. The molecule has 0 aromatic heterocycles. The molecule has 2 fully saturated rings. The number of carbonyl (C=O) groups excluding carboxylic acids is 2. The number of fused-ring (bicyclic) bond motifs is 5. The van der Waals surface area contributed by atoms with E-state index in [0.29, 0.717) is 29.9 Å². The molecule has 0 bridgehead atoms. The Labute approximate surface area is 184 Å². The van der Waals surface area contributed by atoms with Gasteiger partial charge in [0.2, 0.25) is 0 Å². The molecule has 1 aromatic carbocycles. The van der Waals surface area contributed by atoms with E-state index in [0.717, 1.165) is 32.1 Å². The summed E-state index contributed by atoms with van der Waals surface area (Å²) in [6.07, 6.45) is 11.5. The second-order valence-electron chi connectivity index (χ2n) is 9.94. The molecule has 0 amide bonds. The Morgan fingerprint density at radius 1 is 1.32 bits per heavy atom. The molecule has 6 atom stereocenters. The monoisotopic (exact) mass is 423 g/mol. The van der Waals surface area contributed by atoms with Crippen molar-refractivity contribution in [1.82, 2.24) is 5.32 Å². The smallest absolute Gasteiger partial charge is 0.328 e. The normalized spacial score (nSPS) is 34.6. The van der Waals surface area contributed by atoms with Crippen molar-refractivity contribution in [2.45, 2.75) is 76.4 Å². The van der Waals surface area contributed by atoms with Crippen LogP contribution in [-0.2, 0) is 16.0 Å². The van der Waals surface area contributed by atoms with E-state index in [1.165, 1.54) is 18.1 Å². The molecular weight excluding hydrogens is 390 g/mol. The van der Waals surface area contributed by atoms with Crippen LogP contribution in [0.1, 0.15) is 69.4 Å². The van der Waals surface area contributed by atoms with Crippen LogP contribution in [0, 0.1) is 29.6 Å². The average molecular weight is 424 g/mol. The van der Waals surface area contributed by atoms with Crippen LogP contribution in [0.3, 0.4) is 0 Å². The van der Waals surface area contributed by atoms with Gasteiger partial charge in [0.15, 0.2) is 0 Å². The fourth-order valence-electron chi connectivity index (χ4n) is 6.65. The fraction of sp³-hybridized carbons (Fsp3) is 0.615. The Bertz CT molecular complexity index is 934. The van der Waals surface area contributed by atoms with Crippen LogP contribution >= 0.6 is 0 Å². The molecule has 2 N–H and O–H groups in total. The van der Waals surface area contributed by atoms with Crippen molar-refractivity contribution in [3.05, 3.63) is 29.3 Å². The summed E-state index contributed by atoms with van der Waals surface area (Å²) in [5.41, 5.74) is 1.41. The molecule has 1 aromatic rings. The minimum absolute atomic E-state index is 0.0549. The third-order valence-corrected chi connectivity index (χ3v) is 8.43. The van der Waals surface area contributed by atoms with Crippen molar-refractivity contribution in [3.8, 4) is 18.1 Å². The summed E-state index contributed by atoms with van der Waals surface area (Å²) in [5.74, 6) is 4.22. The highest BCUT2D eigenvalue weighted by molar-refractivity contribution is 5.86. The first kappa shape index (κ1) is 22.0. The maximum absolute atomic E-state index is 12.4. The number of benzene rings is 1. The van der Waals surface area contributed by atoms with E-state index < -0.39 is 17.6 Å². The molecule has 31 heavy (non-hydrogen) atoms. The topological polar surface area (TPSA) is 75.6 Å². The fourth-order valence-corrected chi connectivity index (χ4v) is 6.65. The molecule has 166 valence electrons. The number of aliphatic hydroxyl groups is 1. The minimum atomic E-state index is -0.981. The summed E-state index contributed by atoms with van der Waals surface area (Å²) in [6.45, 7) is 3.66. The number of hydrogen-bond acceptors (Lipinski definition) is 5. The second-order valence-corrected chi connectivity index (χ2v) is 9.94. The van der Waals surface area contributed by atoms with Crippen LogP contribution in [0.25, 0.3) is 0 Å². The largest absolute Gasteiger partial charge is 0.425 e. The standard InChI is InChI=1S/C26H33NO4/c1-5-26(30)13-11-22-21-8-6-17-15-18(31-24(29)23(27-4)14-16(2)28)7-9-19(17)20(21)10-12-25(22,26)3/h1,7,9,15,20-23,27,30H,6,8,10-14H2,2-4H3/t20?,21?,22?,23-,25+,26+/m1/s1. The number of ketones is 1. The van der Waals surface area contributed by atoms with Gasteiger partial charge >= 0.3 is 5.97 Å². The van der Waals surface area contributed by atoms with Crippen LogP contribution < -0.4 is 10.1 Å². The van der Waals surface area contributed by atoms with Gasteiger partial charge < -0.3 is 15.2 Å². The van der Waals surface area contributed by atoms with Gasteiger partial charge in [-0.1, -0.05) is 18.9 Å². The number of rotatable bonds is 5. The number of Topliss-reactive ketones (excluding diaryl/α,β-unsaturated/α-hetero) is 1. The van der Waals surface area contributed by atoms with Crippen molar-refractivity contribution >= 4 is 11.8 Å². The predicted octanol–water partition coefficient (Wildman–Crippen LogP) is 3.38. The Kier molecular flexibility index (Phi) is 5.74. The second kappa shape index (κ2) is 8.07. The van der Waals surface area contributed by atoms with Crippen molar-refractivity contribution in [1.29, 1.82) is 0 Å². The van der Waals surface area contributed by atoms with E-state index in [4.69, 9.17) is 11.2 Å². The first-order chi connectivity index (χ1) is 14.7. The highest BCUT2D eigenvalue weighted by Gasteiger charge is 2.61. The maximum atomic E-state index is 12.4. The Morgan fingerprint density at radius 2 is 2.10 bits per heavy atom. The quantitative estimate of drug-likeness (QED) is 0.431. The highest BCUT2D eigenvalue weighted by atomic mass is 16.5. The van der Waals surface area contributed by atoms with Gasteiger partial charge in [0, 0.05) is 11.8 Å². The molecule has 0 saturated heterocycles. The number of carbonyl (C=O) groups is 2. The molecule has 0 heterocycles. The van der Waals surface area contributed by atoms with Gasteiger partial charge in [-0.15, -0.1) is 6.42 Å². The average Bonchev–Trinajstić information content (AvgIpc) is 3.02. The zero-order valence-corrected chi connectivity index (χ0v) is 18.7. The summed E-state index contributed by atoms with van der Waals surface area (Å²) in [4.78, 5) is 23.8. The number of aryl methyl sites for hydroxylation is 1. The number of likely N-dealkylation sites (N-methyl/N-ethyl adjacent to an activating group) is 1. The van der Waals surface area contributed by atoms with E-state index in [-0.39, 0.29) is 17.6 Å². The number of nitrogens with one attached hydrogen (secondary N) is 1. The van der Waals surface area contributed by atoms with Crippen LogP contribution in [0.4, 0.5) is 0 Å². The zero-order chi connectivity index (χ0) is 22.4. The molecule has 5 heteroatoms. The summed E-state index contributed by atoms with van der Waals surface area (Å²) < 4.78 is 5.59. The highest BCUT2D eigenvalue weighted by Crippen LogP contribution is 2.64. The van der Waals surface area contributed by atoms with Gasteiger partial charge in [-0.25, -0.2) is 4.79 Å². The molecule has 3 unspecified atom stereocenters. The minimum Gasteiger partial charge on any atom is -0.425 e. The molecular formula is C26H33NO4. The molecule has 2 saturated carbocycles. The van der Waals surface area contributed by atoms with Crippen molar-refractivity contribution in [2.75, 3.05) is 7.05 Å². The third-order valence-electron chi connectivity index (χ3n) is 8.43. The number of terminal acetylenes is 1. The van der Waals surface area contributed by atoms with Gasteiger partial charge in [0.25, 0.3) is 0 Å². The molecule has 3 aliphatic rings. The summed E-state index contributed by atoms with van der Waals surface area (Å²) in [6, 6.07) is 5.34. The lowest BCUT2D eigenvalue weighted by molar-refractivity contribution is -0.138. The summed E-state index contributed by atoms with van der Waals surface area (Å²) >= 11 is 0. The molecule has 0 spiro atoms. The van der Waals surface area contributed by atoms with Crippen LogP contribution in [0.2, 0.25) is 0 Å². The van der Waals surface area contributed by atoms with Crippen molar-refractivity contribution < 1.29 is 19.4 Å². The SMILES string of the molecule is C#C[C@]1(O)CCC2C3CCc4cc(OC(=O)[C@@H](CC(C)=O)NC)ccc4C3CC[C@@]21C. The van der Waals surface area contributed by atoms with Gasteiger partial charge in [-0.2, -0.15) is 0 Å². The van der Waals surface area contributed by atoms with E-state index in [2.05, 4.69) is 24.2 Å². The van der Waals surface area contributed by atoms with E-state index in [9.17, 15) is 14.7 Å². The van der Waals surface area contributed by atoms with Crippen LogP contribution in [0.15, 0.2) is 18.2 Å². The first-order valence-electron chi connectivity index (χ1n) is 11.4. The Balaban J connectivity index is 1.52. The molecule has 4 rings (SSSR count). The van der Waals surface area contributed by atoms with Gasteiger partial charge in [-0.05, 0) is 93.5 Å². The number of ether oxygens (including phenoxy) is 1. The first-order valence-corrected chi connectivity index (χ1v) is 11.4. The predicted molar refractivity (Wildman–Crippen MR) is 119 cm³/mol. The summed E-state index contributed by atoms with van der Waals surface area (Å²) in [5, 5.41) is 13.9.